The molecule has 1 atom stereocenters. The smallest absolute Gasteiger partial charge is 0.417 e. The number of aromatic nitrogens is 2. The largest absolute Gasteiger partial charge is 0.473 e. The van der Waals surface area contributed by atoms with Crippen LogP contribution in [0.5, 0.6) is 5.88 Å². The van der Waals surface area contributed by atoms with Crippen molar-refractivity contribution >= 4 is 23.5 Å². The number of pyridine rings is 2. The summed E-state index contributed by atoms with van der Waals surface area (Å²) in [6, 6.07) is 5.83. The van der Waals surface area contributed by atoms with Gasteiger partial charge in [-0.15, -0.1) is 0 Å². The highest BCUT2D eigenvalue weighted by Gasteiger charge is 2.31. The molecule has 0 spiro atoms. The molecule has 30 heavy (non-hydrogen) atoms. The van der Waals surface area contributed by atoms with E-state index in [9.17, 15) is 18.0 Å². The van der Waals surface area contributed by atoms with E-state index < -0.39 is 11.7 Å². The first-order valence-corrected chi connectivity index (χ1v) is 10.8. The van der Waals surface area contributed by atoms with Crippen molar-refractivity contribution in [2.24, 2.45) is 0 Å². The Hall–Kier alpha value is -2.49. The van der Waals surface area contributed by atoms with E-state index in [2.05, 4.69) is 9.97 Å². The standard InChI is InChI=1S/C20H21F3N4O2S/c21-20(22,23)15-2-3-17(24-12-15)26-6-8-27(9-7-26)19(28)14-1-4-18(25-11-14)29-16-5-10-30-13-16/h1-4,11-12,16H,5-10,13H2/t16-/m0/s1. The van der Waals surface area contributed by atoms with Gasteiger partial charge in [-0.1, -0.05) is 0 Å². The fraction of sp³-hybridized carbons (Fsp3) is 0.450. The fourth-order valence-corrected chi connectivity index (χ4v) is 4.51. The minimum Gasteiger partial charge on any atom is -0.473 e. The molecule has 0 N–H and O–H groups in total. The van der Waals surface area contributed by atoms with Gasteiger partial charge in [0.15, 0.2) is 0 Å². The lowest BCUT2D eigenvalue weighted by Gasteiger charge is -2.35. The van der Waals surface area contributed by atoms with E-state index in [1.165, 1.54) is 12.3 Å². The number of thioether (sulfide) groups is 1. The lowest BCUT2D eigenvalue weighted by molar-refractivity contribution is -0.137. The number of hydrogen-bond donors (Lipinski definition) is 0. The highest BCUT2D eigenvalue weighted by molar-refractivity contribution is 7.99. The van der Waals surface area contributed by atoms with E-state index in [1.54, 1.807) is 17.0 Å². The number of ether oxygens (including phenoxy) is 1. The van der Waals surface area contributed by atoms with Crippen LogP contribution in [0.4, 0.5) is 19.0 Å². The second kappa shape index (κ2) is 8.71. The van der Waals surface area contributed by atoms with Gasteiger partial charge in [0.2, 0.25) is 5.88 Å². The average molecular weight is 438 g/mol. The SMILES string of the molecule is O=C(c1ccc(O[C@H]2CCSC2)nc1)N1CCN(c2ccc(C(F)(F)F)cn2)CC1. The van der Waals surface area contributed by atoms with E-state index in [0.717, 1.165) is 30.2 Å². The van der Waals surface area contributed by atoms with E-state index in [0.29, 0.717) is 43.4 Å². The lowest BCUT2D eigenvalue weighted by Crippen LogP contribution is -2.49. The highest BCUT2D eigenvalue weighted by atomic mass is 32.2. The molecule has 0 radical (unpaired) electrons. The van der Waals surface area contributed by atoms with Gasteiger partial charge in [-0.2, -0.15) is 24.9 Å². The molecular formula is C20H21F3N4O2S. The Morgan fingerprint density at radius 2 is 1.87 bits per heavy atom. The zero-order chi connectivity index (χ0) is 21.1. The molecule has 6 nitrogen and oxygen atoms in total. The van der Waals surface area contributed by atoms with Gasteiger partial charge >= 0.3 is 6.18 Å². The van der Waals surface area contributed by atoms with Crippen molar-refractivity contribution in [3.63, 3.8) is 0 Å². The number of anilines is 1. The molecule has 2 fully saturated rings. The minimum atomic E-state index is -4.40. The zero-order valence-corrected chi connectivity index (χ0v) is 17.0. The molecule has 2 aliphatic rings. The summed E-state index contributed by atoms with van der Waals surface area (Å²) in [7, 11) is 0. The zero-order valence-electron chi connectivity index (χ0n) is 16.1. The molecule has 10 heteroatoms. The van der Waals surface area contributed by atoms with E-state index in [4.69, 9.17) is 4.74 Å². The fourth-order valence-electron chi connectivity index (χ4n) is 3.42. The third-order valence-electron chi connectivity index (χ3n) is 5.12. The van der Waals surface area contributed by atoms with Crippen LogP contribution in [0.25, 0.3) is 0 Å². The molecule has 0 unspecified atom stereocenters. The van der Waals surface area contributed by atoms with Gasteiger partial charge < -0.3 is 14.5 Å². The second-order valence-electron chi connectivity index (χ2n) is 7.17. The highest BCUT2D eigenvalue weighted by Crippen LogP contribution is 2.29. The van der Waals surface area contributed by atoms with Crippen LogP contribution in [0.15, 0.2) is 36.7 Å². The minimum absolute atomic E-state index is 0.120. The Kier molecular flexibility index (Phi) is 6.03. The summed E-state index contributed by atoms with van der Waals surface area (Å²) in [4.78, 5) is 24.5. The molecule has 1 amide bonds. The molecule has 0 saturated carbocycles. The van der Waals surface area contributed by atoms with Crippen molar-refractivity contribution in [3.8, 4) is 5.88 Å². The number of nitrogens with zero attached hydrogens (tertiary/aromatic N) is 4. The summed E-state index contributed by atoms with van der Waals surface area (Å²) in [6.45, 7) is 1.91. The van der Waals surface area contributed by atoms with E-state index >= 15 is 0 Å². The number of rotatable bonds is 4. The molecule has 160 valence electrons. The molecule has 0 aliphatic carbocycles. The number of alkyl halides is 3. The molecule has 0 aromatic carbocycles. The summed E-state index contributed by atoms with van der Waals surface area (Å²) < 4.78 is 43.8. The third kappa shape index (κ3) is 4.80. The predicted molar refractivity (Wildman–Crippen MR) is 108 cm³/mol. The summed E-state index contributed by atoms with van der Waals surface area (Å²) in [5.74, 6) is 2.93. The Labute approximate surface area is 176 Å². The second-order valence-corrected chi connectivity index (χ2v) is 8.32. The van der Waals surface area contributed by atoms with Crippen LogP contribution in [-0.4, -0.2) is 64.6 Å². The quantitative estimate of drug-likeness (QED) is 0.730. The van der Waals surface area contributed by atoms with Crippen LogP contribution < -0.4 is 9.64 Å². The number of halogens is 3. The molecule has 4 rings (SSSR count). The number of carbonyl (C=O) groups excluding carboxylic acids is 1. The maximum atomic E-state index is 12.7. The van der Waals surface area contributed by atoms with Crippen molar-refractivity contribution in [2.75, 3.05) is 42.6 Å². The number of carbonyl (C=O) groups is 1. The van der Waals surface area contributed by atoms with Gasteiger partial charge in [0, 0.05) is 50.4 Å². The van der Waals surface area contributed by atoms with Crippen LogP contribution in [0.1, 0.15) is 22.3 Å². The van der Waals surface area contributed by atoms with Gasteiger partial charge in [0.25, 0.3) is 5.91 Å². The van der Waals surface area contributed by atoms with Gasteiger partial charge in [-0.05, 0) is 30.4 Å². The van der Waals surface area contributed by atoms with E-state index in [-0.39, 0.29) is 12.0 Å². The summed E-state index contributed by atoms with van der Waals surface area (Å²) in [5, 5.41) is 0. The van der Waals surface area contributed by atoms with Crippen molar-refractivity contribution in [2.45, 2.75) is 18.7 Å². The van der Waals surface area contributed by atoms with Gasteiger partial charge in [0.05, 0.1) is 11.1 Å². The number of piperazine rings is 1. The number of hydrogen-bond acceptors (Lipinski definition) is 6. The van der Waals surface area contributed by atoms with Crippen LogP contribution in [0.3, 0.4) is 0 Å². The Balaban J connectivity index is 1.31. The Bertz CT molecular complexity index is 863. The first kappa shape index (κ1) is 20.8. The maximum absolute atomic E-state index is 12.7. The van der Waals surface area contributed by atoms with Gasteiger partial charge in [0.1, 0.15) is 11.9 Å². The molecular weight excluding hydrogens is 417 g/mol. The van der Waals surface area contributed by atoms with Crippen molar-refractivity contribution < 1.29 is 22.7 Å². The summed E-state index contributed by atoms with van der Waals surface area (Å²) >= 11 is 1.86. The van der Waals surface area contributed by atoms with Crippen molar-refractivity contribution in [3.05, 3.63) is 47.8 Å². The normalized spacial score (nSPS) is 19.8. The summed E-state index contributed by atoms with van der Waals surface area (Å²) in [6.07, 6.45) is -0.849. The van der Waals surface area contributed by atoms with Gasteiger partial charge in [-0.3, -0.25) is 4.79 Å². The average Bonchev–Trinajstić information content (AvgIpc) is 3.26. The third-order valence-corrected chi connectivity index (χ3v) is 6.26. The molecule has 4 heterocycles. The molecule has 2 saturated heterocycles. The number of amides is 1. The first-order valence-electron chi connectivity index (χ1n) is 9.68. The summed E-state index contributed by atoms with van der Waals surface area (Å²) in [5.41, 5.74) is -0.282. The Morgan fingerprint density at radius 1 is 1.07 bits per heavy atom. The topological polar surface area (TPSA) is 58.6 Å². The predicted octanol–water partition coefficient (Wildman–Crippen LogP) is 3.34. The maximum Gasteiger partial charge on any atom is 0.417 e. The van der Waals surface area contributed by atoms with Gasteiger partial charge in [-0.25, -0.2) is 9.97 Å². The van der Waals surface area contributed by atoms with Crippen molar-refractivity contribution in [1.29, 1.82) is 0 Å². The van der Waals surface area contributed by atoms with Crippen LogP contribution in [0.2, 0.25) is 0 Å². The monoisotopic (exact) mass is 438 g/mol. The Morgan fingerprint density at radius 3 is 2.43 bits per heavy atom. The molecule has 2 aromatic heterocycles. The molecule has 2 aromatic rings. The van der Waals surface area contributed by atoms with Crippen LogP contribution in [0, 0.1) is 0 Å². The lowest BCUT2D eigenvalue weighted by atomic mass is 10.2. The van der Waals surface area contributed by atoms with E-state index in [1.807, 2.05) is 16.7 Å². The molecule has 0 bridgehead atoms. The molecule has 2 aliphatic heterocycles. The van der Waals surface area contributed by atoms with Crippen LogP contribution in [-0.2, 0) is 6.18 Å². The first-order chi connectivity index (χ1) is 14.4. The van der Waals surface area contributed by atoms with Crippen LogP contribution >= 0.6 is 11.8 Å². The van der Waals surface area contributed by atoms with Crippen molar-refractivity contribution in [1.82, 2.24) is 14.9 Å².